The molecular weight excluding hydrogens is 382 g/mol. The van der Waals surface area contributed by atoms with Crippen molar-refractivity contribution in [3.63, 3.8) is 0 Å². The number of amides is 3. The molecule has 0 fully saturated rings. The molecule has 3 amide bonds. The molecule has 0 bridgehead atoms. The Morgan fingerprint density at radius 1 is 0.733 bits per heavy atom. The van der Waals surface area contributed by atoms with E-state index >= 15 is 0 Å². The quantitative estimate of drug-likeness (QED) is 0.551. The zero-order valence-electron chi connectivity index (χ0n) is 16.3. The minimum absolute atomic E-state index is 0.283. The van der Waals surface area contributed by atoms with Crippen LogP contribution in [0.25, 0.3) is 0 Å². The summed E-state index contributed by atoms with van der Waals surface area (Å²) in [4.78, 5) is 36.2. The molecule has 30 heavy (non-hydrogen) atoms. The van der Waals surface area contributed by atoms with E-state index in [1.54, 1.807) is 49.4 Å². The number of carbonyl (C=O) groups excluding carboxylic acids is 3. The first kappa shape index (κ1) is 20.6. The van der Waals surface area contributed by atoms with Crippen LogP contribution >= 0.6 is 0 Å². The van der Waals surface area contributed by atoms with E-state index in [-0.39, 0.29) is 6.54 Å². The van der Waals surface area contributed by atoms with E-state index in [1.165, 1.54) is 0 Å². The minimum Gasteiger partial charge on any atom is -0.457 e. The SMILES string of the molecule is Cc1ccccc1C(=O)NNC(=O)CNC(=O)c1ccc(Oc2ccccc2)cc1. The Morgan fingerprint density at radius 3 is 2.07 bits per heavy atom. The van der Waals surface area contributed by atoms with Crippen LogP contribution in [0.3, 0.4) is 0 Å². The number of hydrazine groups is 1. The lowest BCUT2D eigenvalue weighted by Gasteiger charge is -2.10. The van der Waals surface area contributed by atoms with E-state index in [2.05, 4.69) is 16.2 Å². The average molecular weight is 403 g/mol. The van der Waals surface area contributed by atoms with Crippen LogP contribution in [0.2, 0.25) is 0 Å². The van der Waals surface area contributed by atoms with E-state index in [0.717, 1.165) is 5.56 Å². The van der Waals surface area contributed by atoms with Crippen LogP contribution < -0.4 is 20.9 Å². The zero-order chi connectivity index (χ0) is 21.3. The van der Waals surface area contributed by atoms with Crippen molar-refractivity contribution in [1.29, 1.82) is 0 Å². The summed E-state index contributed by atoms with van der Waals surface area (Å²) in [7, 11) is 0. The van der Waals surface area contributed by atoms with Gasteiger partial charge in [-0.25, -0.2) is 0 Å². The molecule has 0 aliphatic rings. The van der Waals surface area contributed by atoms with E-state index in [0.29, 0.717) is 22.6 Å². The molecule has 7 heteroatoms. The first-order chi connectivity index (χ1) is 14.5. The molecule has 3 rings (SSSR count). The molecule has 0 saturated heterocycles. The third-order valence-electron chi connectivity index (χ3n) is 4.21. The summed E-state index contributed by atoms with van der Waals surface area (Å²) in [5.41, 5.74) is 6.23. The van der Waals surface area contributed by atoms with Crippen molar-refractivity contribution in [3.8, 4) is 11.5 Å². The molecule has 152 valence electrons. The summed E-state index contributed by atoms with van der Waals surface area (Å²) in [6.07, 6.45) is 0. The van der Waals surface area contributed by atoms with Crippen LogP contribution in [-0.4, -0.2) is 24.3 Å². The fraction of sp³-hybridized carbons (Fsp3) is 0.0870. The second kappa shape index (κ2) is 9.88. The number of hydrogen-bond donors (Lipinski definition) is 3. The summed E-state index contributed by atoms with van der Waals surface area (Å²) in [6, 6.07) is 22.8. The summed E-state index contributed by atoms with van der Waals surface area (Å²) in [5.74, 6) is -0.105. The Labute approximate surface area is 174 Å². The number of benzene rings is 3. The Hall–Kier alpha value is -4.13. The maximum absolute atomic E-state index is 12.2. The standard InChI is InChI=1S/C23H21N3O4/c1-16-7-5-6-10-20(16)23(29)26-25-21(27)15-24-22(28)17-11-13-19(14-12-17)30-18-8-3-2-4-9-18/h2-14H,15H2,1H3,(H,24,28)(H,25,27)(H,26,29). The van der Waals surface area contributed by atoms with Gasteiger partial charge in [-0.05, 0) is 55.0 Å². The number of hydrogen-bond acceptors (Lipinski definition) is 4. The van der Waals surface area contributed by atoms with Gasteiger partial charge in [0, 0.05) is 11.1 Å². The summed E-state index contributed by atoms with van der Waals surface area (Å²) in [5, 5.41) is 2.50. The maximum Gasteiger partial charge on any atom is 0.269 e. The predicted molar refractivity (Wildman–Crippen MR) is 112 cm³/mol. The van der Waals surface area contributed by atoms with E-state index < -0.39 is 17.7 Å². The Balaban J connectivity index is 1.45. The summed E-state index contributed by atoms with van der Waals surface area (Å²) >= 11 is 0. The van der Waals surface area contributed by atoms with Crippen LogP contribution in [0.15, 0.2) is 78.9 Å². The fourth-order valence-electron chi connectivity index (χ4n) is 2.63. The number of carbonyl (C=O) groups is 3. The van der Waals surface area contributed by atoms with Gasteiger partial charge in [-0.2, -0.15) is 0 Å². The van der Waals surface area contributed by atoms with Crippen molar-refractivity contribution in [3.05, 3.63) is 95.6 Å². The number of rotatable bonds is 6. The van der Waals surface area contributed by atoms with Gasteiger partial charge in [0.1, 0.15) is 11.5 Å². The van der Waals surface area contributed by atoms with Gasteiger partial charge < -0.3 is 10.1 Å². The highest BCUT2D eigenvalue weighted by atomic mass is 16.5. The van der Waals surface area contributed by atoms with Gasteiger partial charge in [0.05, 0.1) is 6.54 Å². The highest BCUT2D eigenvalue weighted by molar-refractivity contribution is 5.98. The maximum atomic E-state index is 12.2. The van der Waals surface area contributed by atoms with Crippen molar-refractivity contribution < 1.29 is 19.1 Å². The molecule has 3 aromatic carbocycles. The molecule has 0 aliphatic carbocycles. The van der Waals surface area contributed by atoms with E-state index in [1.807, 2.05) is 36.4 Å². The first-order valence-electron chi connectivity index (χ1n) is 9.29. The average Bonchev–Trinajstić information content (AvgIpc) is 2.77. The van der Waals surface area contributed by atoms with Gasteiger partial charge in [0.2, 0.25) is 0 Å². The first-order valence-corrected chi connectivity index (χ1v) is 9.29. The second-order valence-corrected chi connectivity index (χ2v) is 6.44. The molecular formula is C23H21N3O4. The van der Waals surface area contributed by atoms with Gasteiger partial charge in [0.25, 0.3) is 17.7 Å². The number of aryl methyl sites for hydroxylation is 1. The Morgan fingerprint density at radius 2 is 1.37 bits per heavy atom. The van der Waals surface area contributed by atoms with Gasteiger partial charge in [-0.1, -0.05) is 36.4 Å². The van der Waals surface area contributed by atoms with Gasteiger partial charge >= 0.3 is 0 Å². The van der Waals surface area contributed by atoms with Gasteiger partial charge in [-0.15, -0.1) is 0 Å². The monoisotopic (exact) mass is 403 g/mol. The zero-order valence-corrected chi connectivity index (χ0v) is 16.3. The highest BCUT2D eigenvalue weighted by Crippen LogP contribution is 2.21. The lowest BCUT2D eigenvalue weighted by molar-refractivity contribution is -0.120. The Kier molecular flexibility index (Phi) is 6.78. The van der Waals surface area contributed by atoms with Crippen molar-refractivity contribution in [1.82, 2.24) is 16.2 Å². The molecule has 0 unspecified atom stereocenters. The third-order valence-corrected chi connectivity index (χ3v) is 4.21. The lowest BCUT2D eigenvalue weighted by atomic mass is 10.1. The van der Waals surface area contributed by atoms with Crippen LogP contribution in [-0.2, 0) is 4.79 Å². The summed E-state index contributed by atoms with van der Waals surface area (Å²) < 4.78 is 5.67. The Bertz CT molecular complexity index is 1030. The van der Waals surface area contributed by atoms with Crippen LogP contribution in [0.1, 0.15) is 26.3 Å². The molecule has 0 aliphatic heterocycles. The second-order valence-electron chi connectivity index (χ2n) is 6.44. The fourth-order valence-corrected chi connectivity index (χ4v) is 2.63. The molecule has 3 aromatic rings. The molecule has 0 spiro atoms. The van der Waals surface area contributed by atoms with E-state index in [9.17, 15) is 14.4 Å². The molecule has 0 radical (unpaired) electrons. The normalized spacial score (nSPS) is 10.0. The largest absolute Gasteiger partial charge is 0.457 e. The molecule has 0 saturated carbocycles. The molecule has 0 atom stereocenters. The third kappa shape index (κ3) is 5.68. The molecule has 0 aromatic heterocycles. The van der Waals surface area contributed by atoms with Crippen molar-refractivity contribution in [2.75, 3.05) is 6.54 Å². The molecule has 7 nitrogen and oxygen atoms in total. The number of ether oxygens (including phenoxy) is 1. The highest BCUT2D eigenvalue weighted by Gasteiger charge is 2.11. The van der Waals surface area contributed by atoms with Gasteiger partial charge in [-0.3, -0.25) is 25.2 Å². The number of para-hydroxylation sites is 1. The number of nitrogens with one attached hydrogen (secondary N) is 3. The van der Waals surface area contributed by atoms with Crippen LogP contribution in [0.5, 0.6) is 11.5 Å². The van der Waals surface area contributed by atoms with Gasteiger partial charge in [0.15, 0.2) is 0 Å². The molecule has 0 heterocycles. The van der Waals surface area contributed by atoms with Crippen molar-refractivity contribution in [2.24, 2.45) is 0 Å². The summed E-state index contributed by atoms with van der Waals surface area (Å²) in [6.45, 7) is 1.52. The van der Waals surface area contributed by atoms with Crippen LogP contribution in [0.4, 0.5) is 0 Å². The van der Waals surface area contributed by atoms with Crippen molar-refractivity contribution in [2.45, 2.75) is 6.92 Å². The van der Waals surface area contributed by atoms with Crippen LogP contribution in [0, 0.1) is 6.92 Å². The lowest BCUT2D eigenvalue weighted by Crippen LogP contribution is -2.46. The minimum atomic E-state index is -0.547. The van der Waals surface area contributed by atoms with E-state index in [4.69, 9.17) is 4.74 Å². The topological polar surface area (TPSA) is 96.5 Å². The predicted octanol–water partition coefficient (Wildman–Crippen LogP) is 2.98. The van der Waals surface area contributed by atoms with Crippen molar-refractivity contribution >= 4 is 17.7 Å². The smallest absolute Gasteiger partial charge is 0.269 e. The molecule has 3 N–H and O–H groups in total.